The Labute approximate surface area is 289 Å². The summed E-state index contributed by atoms with van der Waals surface area (Å²) in [7, 11) is 0. The third-order valence-corrected chi connectivity index (χ3v) is 9.33. The van der Waals surface area contributed by atoms with Gasteiger partial charge in [-0.2, -0.15) is 5.26 Å². The van der Waals surface area contributed by atoms with Crippen LogP contribution in [0.2, 0.25) is 0 Å². The molecule has 0 atom stereocenters. The van der Waals surface area contributed by atoms with E-state index in [1.807, 2.05) is 48.5 Å². The molecule has 0 unspecified atom stereocenters. The van der Waals surface area contributed by atoms with Gasteiger partial charge in [0.25, 0.3) is 0 Å². The molecule has 4 nitrogen and oxygen atoms in total. The first kappa shape index (κ1) is 29.2. The van der Waals surface area contributed by atoms with E-state index in [0.717, 1.165) is 33.4 Å². The minimum absolute atomic E-state index is 0.558. The second-order valence-electron chi connectivity index (χ2n) is 12.4. The van der Waals surface area contributed by atoms with Crippen LogP contribution in [0, 0.1) is 11.3 Å². The summed E-state index contributed by atoms with van der Waals surface area (Å²) < 4.78 is 0. The number of hydrogen-bond donors (Lipinski definition) is 0. The first-order chi connectivity index (χ1) is 24.7. The van der Waals surface area contributed by atoms with Gasteiger partial charge in [0, 0.05) is 16.7 Å². The molecule has 232 valence electrons. The van der Waals surface area contributed by atoms with Gasteiger partial charge in [0.2, 0.25) is 0 Å². The molecule has 9 rings (SSSR count). The number of nitriles is 1. The van der Waals surface area contributed by atoms with Crippen molar-refractivity contribution in [3.63, 3.8) is 0 Å². The molecule has 0 aliphatic heterocycles. The highest BCUT2D eigenvalue weighted by Gasteiger charge is 2.14. The van der Waals surface area contributed by atoms with E-state index < -0.39 is 0 Å². The lowest BCUT2D eigenvalue weighted by molar-refractivity contribution is 1.07. The van der Waals surface area contributed by atoms with Gasteiger partial charge in [-0.1, -0.05) is 127 Å². The lowest BCUT2D eigenvalue weighted by atomic mass is 9.91. The molecule has 0 bridgehead atoms. The highest BCUT2D eigenvalue weighted by molar-refractivity contribution is 6.25. The Hall–Kier alpha value is -6.96. The van der Waals surface area contributed by atoms with Crippen LogP contribution in [0.25, 0.3) is 88.7 Å². The Bertz CT molecular complexity index is 2730. The predicted molar refractivity (Wildman–Crippen MR) is 204 cm³/mol. The maximum absolute atomic E-state index is 9.31. The predicted octanol–water partition coefficient (Wildman–Crippen LogP) is 11.5. The molecule has 0 saturated heterocycles. The van der Waals surface area contributed by atoms with E-state index >= 15 is 0 Å². The quantitative estimate of drug-likeness (QED) is 0.176. The lowest BCUT2D eigenvalue weighted by Gasteiger charge is -2.13. The first-order valence-electron chi connectivity index (χ1n) is 16.6. The molecule has 0 aliphatic carbocycles. The van der Waals surface area contributed by atoms with Crippen molar-refractivity contribution in [2.24, 2.45) is 0 Å². The third-order valence-electron chi connectivity index (χ3n) is 9.33. The van der Waals surface area contributed by atoms with Gasteiger partial charge in [-0.05, 0) is 97.0 Å². The molecular formula is C46H28N4. The summed E-state index contributed by atoms with van der Waals surface area (Å²) in [5.74, 6) is 1.74. The van der Waals surface area contributed by atoms with Gasteiger partial charge >= 0.3 is 0 Å². The average Bonchev–Trinajstić information content (AvgIpc) is 3.21. The number of rotatable bonds is 5. The molecule has 0 amide bonds. The standard InChI is InChI=1S/C46H28N4/c47-29-30-20-22-32(23-21-30)45-48-44(31-10-2-1-3-11-31)49-46(50-45)37-15-9-14-35(27-37)33-12-8-13-34(26-33)36-24-25-42-40-18-5-4-16-38(40)39-17-6-7-19-41(39)43(42)28-36/h1-28H. The van der Waals surface area contributed by atoms with E-state index in [0.29, 0.717) is 23.0 Å². The minimum atomic E-state index is 0.558. The fourth-order valence-electron chi connectivity index (χ4n) is 6.85. The summed E-state index contributed by atoms with van der Waals surface area (Å²) in [5.41, 5.74) is 7.73. The Balaban J connectivity index is 1.13. The molecule has 1 heterocycles. The van der Waals surface area contributed by atoms with Crippen LogP contribution in [0.15, 0.2) is 170 Å². The van der Waals surface area contributed by atoms with Crippen molar-refractivity contribution in [3.8, 4) is 62.5 Å². The molecular weight excluding hydrogens is 609 g/mol. The second kappa shape index (κ2) is 12.2. The van der Waals surface area contributed by atoms with Gasteiger partial charge in [-0.3, -0.25) is 0 Å². The van der Waals surface area contributed by atoms with E-state index in [-0.39, 0.29) is 0 Å². The summed E-state index contributed by atoms with van der Waals surface area (Å²) in [6.07, 6.45) is 0. The fourth-order valence-corrected chi connectivity index (χ4v) is 6.85. The highest BCUT2D eigenvalue weighted by Crippen LogP contribution is 2.38. The number of nitrogens with zero attached hydrogens (tertiary/aromatic N) is 4. The molecule has 50 heavy (non-hydrogen) atoms. The molecule has 0 saturated carbocycles. The van der Waals surface area contributed by atoms with Crippen LogP contribution in [0.3, 0.4) is 0 Å². The number of aromatic nitrogens is 3. The van der Waals surface area contributed by atoms with E-state index in [1.165, 1.54) is 37.9 Å². The molecule has 0 N–H and O–H groups in total. The zero-order valence-corrected chi connectivity index (χ0v) is 27.0. The van der Waals surface area contributed by atoms with Gasteiger partial charge in [0.1, 0.15) is 0 Å². The van der Waals surface area contributed by atoms with Crippen molar-refractivity contribution in [2.75, 3.05) is 0 Å². The Morgan fingerprint density at radius 1 is 0.300 bits per heavy atom. The topological polar surface area (TPSA) is 62.5 Å². The molecule has 0 spiro atoms. The molecule has 8 aromatic carbocycles. The molecule has 9 aromatic rings. The summed E-state index contributed by atoms with van der Waals surface area (Å²) >= 11 is 0. The normalized spacial score (nSPS) is 11.2. The van der Waals surface area contributed by atoms with Gasteiger partial charge in [-0.15, -0.1) is 0 Å². The van der Waals surface area contributed by atoms with Crippen molar-refractivity contribution in [3.05, 3.63) is 175 Å². The van der Waals surface area contributed by atoms with Gasteiger partial charge in [0.15, 0.2) is 17.5 Å². The van der Waals surface area contributed by atoms with Crippen LogP contribution < -0.4 is 0 Å². The fraction of sp³-hybridized carbons (Fsp3) is 0. The summed E-state index contributed by atoms with van der Waals surface area (Å²) in [6, 6.07) is 60.8. The summed E-state index contributed by atoms with van der Waals surface area (Å²) in [4.78, 5) is 14.7. The molecule has 0 aliphatic rings. The third kappa shape index (κ3) is 5.24. The zero-order valence-electron chi connectivity index (χ0n) is 27.0. The van der Waals surface area contributed by atoms with Crippen LogP contribution in [0.4, 0.5) is 0 Å². The van der Waals surface area contributed by atoms with Gasteiger partial charge < -0.3 is 0 Å². The smallest absolute Gasteiger partial charge is 0.164 e. The van der Waals surface area contributed by atoms with Crippen LogP contribution in [0.1, 0.15) is 5.56 Å². The van der Waals surface area contributed by atoms with E-state index in [1.54, 1.807) is 12.1 Å². The Morgan fingerprint density at radius 3 is 1.24 bits per heavy atom. The maximum Gasteiger partial charge on any atom is 0.164 e. The first-order valence-corrected chi connectivity index (χ1v) is 16.6. The van der Waals surface area contributed by atoms with Crippen molar-refractivity contribution >= 4 is 32.3 Å². The molecule has 0 radical (unpaired) electrons. The van der Waals surface area contributed by atoms with Gasteiger partial charge in [0.05, 0.1) is 11.6 Å². The largest absolute Gasteiger partial charge is 0.208 e. The van der Waals surface area contributed by atoms with Crippen LogP contribution in [0.5, 0.6) is 0 Å². The monoisotopic (exact) mass is 636 g/mol. The number of hydrogen-bond acceptors (Lipinski definition) is 4. The lowest BCUT2D eigenvalue weighted by Crippen LogP contribution is -2.00. The zero-order chi connectivity index (χ0) is 33.4. The van der Waals surface area contributed by atoms with E-state index in [4.69, 9.17) is 15.0 Å². The summed E-state index contributed by atoms with van der Waals surface area (Å²) in [5, 5.41) is 16.9. The Morgan fingerprint density at radius 2 is 0.680 bits per heavy atom. The van der Waals surface area contributed by atoms with Crippen molar-refractivity contribution < 1.29 is 0 Å². The SMILES string of the molecule is N#Cc1ccc(-c2nc(-c3ccccc3)nc(-c3cccc(-c4cccc(-c5ccc6c7ccccc7c7ccccc7c6c5)c4)c3)n2)cc1. The Kier molecular flexibility index (Phi) is 7.15. The van der Waals surface area contributed by atoms with Crippen LogP contribution in [-0.4, -0.2) is 15.0 Å². The van der Waals surface area contributed by atoms with Crippen LogP contribution >= 0.6 is 0 Å². The maximum atomic E-state index is 9.31. The van der Waals surface area contributed by atoms with Crippen molar-refractivity contribution in [1.29, 1.82) is 5.26 Å². The number of fused-ring (bicyclic) bond motifs is 6. The number of benzene rings is 8. The average molecular weight is 637 g/mol. The van der Waals surface area contributed by atoms with E-state index in [9.17, 15) is 5.26 Å². The summed E-state index contributed by atoms with van der Waals surface area (Å²) in [6.45, 7) is 0. The molecule has 1 aromatic heterocycles. The van der Waals surface area contributed by atoms with Crippen molar-refractivity contribution in [2.45, 2.75) is 0 Å². The minimum Gasteiger partial charge on any atom is -0.208 e. The molecule has 4 heteroatoms. The second-order valence-corrected chi connectivity index (χ2v) is 12.4. The molecule has 0 fully saturated rings. The van der Waals surface area contributed by atoms with E-state index in [2.05, 4.69) is 115 Å². The van der Waals surface area contributed by atoms with Gasteiger partial charge in [-0.25, -0.2) is 15.0 Å². The highest BCUT2D eigenvalue weighted by atomic mass is 15.0. The van der Waals surface area contributed by atoms with Crippen LogP contribution in [-0.2, 0) is 0 Å². The van der Waals surface area contributed by atoms with Crippen molar-refractivity contribution in [1.82, 2.24) is 15.0 Å².